The SMILES string of the molecule is CC(C)CCN1CCN(c2ccc(C(C)C)c3cc[nH]c23)CC1. The Kier molecular flexibility index (Phi) is 4.96. The molecule has 0 aliphatic carbocycles. The maximum Gasteiger partial charge on any atom is 0.0694 e. The molecule has 3 rings (SSSR count). The quantitative estimate of drug-likeness (QED) is 0.880. The highest BCUT2D eigenvalue weighted by atomic mass is 15.3. The molecular formula is C20H31N3. The van der Waals surface area contributed by atoms with Crippen LogP contribution in [0.4, 0.5) is 5.69 Å². The van der Waals surface area contributed by atoms with E-state index in [9.17, 15) is 0 Å². The third-order valence-electron chi connectivity index (χ3n) is 5.09. The minimum Gasteiger partial charge on any atom is -0.367 e. The predicted molar refractivity (Wildman–Crippen MR) is 100 cm³/mol. The number of hydrogen-bond acceptors (Lipinski definition) is 2. The molecule has 3 heteroatoms. The van der Waals surface area contributed by atoms with E-state index in [1.54, 1.807) is 0 Å². The summed E-state index contributed by atoms with van der Waals surface area (Å²) in [4.78, 5) is 8.64. The minimum absolute atomic E-state index is 0.565. The molecule has 1 aromatic heterocycles. The molecule has 0 bridgehead atoms. The van der Waals surface area contributed by atoms with Crippen molar-refractivity contribution in [1.29, 1.82) is 0 Å². The number of rotatable bonds is 5. The van der Waals surface area contributed by atoms with Crippen LogP contribution in [-0.2, 0) is 0 Å². The molecule has 0 radical (unpaired) electrons. The first kappa shape index (κ1) is 16.4. The Balaban J connectivity index is 1.73. The fourth-order valence-electron chi connectivity index (χ4n) is 3.58. The molecular weight excluding hydrogens is 282 g/mol. The van der Waals surface area contributed by atoms with Gasteiger partial charge in [-0.1, -0.05) is 33.8 Å². The zero-order valence-electron chi connectivity index (χ0n) is 15.1. The lowest BCUT2D eigenvalue weighted by Gasteiger charge is -2.36. The van der Waals surface area contributed by atoms with E-state index in [4.69, 9.17) is 0 Å². The molecule has 23 heavy (non-hydrogen) atoms. The molecule has 0 saturated carbocycles. The van der Waals surface area contributed by atoms with E-state index in [0.717, 1.165) is 19.0 Å². The normalized spacial score (nSPS) is 16.9. The Morgan fingerprint density at radius 3 is 2.39 bits per heavy atom. The highest BCUT2D eigenvalue weighted by molar-refractivity contribution is 5.94. The van der Waals surface area contributed by atoms with Gasteiger partial charge in [-0.05, 0) is 42.5 Å². The largest absolute Gasteiger partial charge is 0.367 e. The minimum atomic E-state index is 0.565. The van der Waals surface area contributed by atoms with Crippen LogP contribution in [0.15, 0.2) is 24.4 Å². The third-order valence-corrected chi connectivity index (χ3v) is 5.09. The summed E-state index contributed by atoms with van der Waals surface area (Å²) in [5.74, 6) is 1.37. The summed E-state index contributed by atoms with van der Waals surface area (Å²) in [5, 5.41) is 1.39. The molecule has 0 unspecified atom stereocenters. The summed E-state index contributed by atoms with van der Waals surface area (Å²) < 4.78 is 0. The van der Waals surface area contributed by atoms with Gasteiger partial charge in [0.05, 0.1) is 11.2 Å². The maximum atomic E-state index is 3.48. The molecule has 1 N–H and O–H groups in total. The van der Waals surface area contributed by atoms with Gasteiger partial charge in [0.25, 0.3) is 0 Å². The highest BCUT2D eigenvalue weighted by Crippen LogP contribution is 2.32. The van der Waals surface area contributed by atoms with E-state index >= 15 is 0 Å². The zero-order chi connectivity index (χ0) is 16.4. The second-order valence-electron chi connectivity index (χ2n) is 7.61. The van der Waals surface area contributed by atoms with Crippen LogP contribution in [0.1, 0.15) is 45.6 Å². The lowest BCUT2D eigenvalue weighted by molar-refractivity contribution is 0.244. The first-order chi connectivity index (χ1) is 11.1. The van der Waals surface area contributed by atoms with E-state index in [0.29, 0.717) is 5.92 Å². The van der Waals surface area contributed by atoms with Gasteiger partial charge < -0.3 is 9.88 Å². The molecule has 1 aliphatic heterocycles. The van der Waals surface area contributed by atoms with E-state index in [2.05, 4.69) is 66.9 Å². The lowest BCUT2D eigenvalue weighted by atomic mass is 9.98. The van der Waals surface area contributed by atoms with Gasteiger partial charge >= 0.3 is 0 Å². The average molecular weight is 313 g/mol. The van der Waals surface area contributed by atoms with Gasteiger partial charge in [0.1, 0.15) is 0 Å². The molecule has 1 fully saturated rings. The topological polar surface area (TPSA) is 22.3 Å². The monoisotopic (exact) mass is 313 g/mol. The molecule has 0 atom stereocenters. The smallest absolute Gasteiger partial charge is 0.0694 e. The maximum absolute atomic E-state index is 3.48. The van der Waals surface area contributed by atoms with Gasteiger partial charge in [-0.25, -0.2) is 0 Å². The van der Waals surface area contributed by atoms with E-state index in [1.807, 2.05) is 0 Å². The fourth-order valence-corrected chi connectivity index (χ4v) is 3.58. The fraction of sp³-hybridized carbons (Fsp3) is 0.600. The number of piperazine rings is 1. The summed E-state index contributed by atoms with van der Waals surface area (Å²) in [6.07, 6.45) is 3.39. The van der Waals surface area contributed by atoms with Gasteiger partial charge in [-0.15, -0.1) is 0 Å². The standard InChI is InChI=1S/C20H31N3/c1-15(2)8-10-22-11-13-23(14-12-22)19-6-5-17(16(3)4)18-7-9-21-20(18)19/h5-7,9,15-16,21H,8,10-14H2,1-4H3. The van der Waals surface area contributed by atoms with Gasteiger partial charge in [0, 0.05) is 37.8 Å². The Morgan fingerprint density at radius 2 is 1.74 bits per heavy atom. The second kappa shape index (κ2) is 6.96. The van der Waals surface area contributed by atoms with Crippen molar-refractivity contribution in [1.82, 2.24) is 9.88 Å². The van der Waals surface area contributed by atoms with Crippen LogP contribution in [0.5, 0.6) is 0 Å². The Bertz CT molecular complexity index is 633. The van der Waals surface area contributed by atoms with Crippen molar-refractivity contribution in [2.75, 3.05) is 37.6 Å². The number of aromatic nitrogens is 1. The first-order valence-corrected chi connectivity index (χ1v) is 9.13. The molecule has 0 amide bonds. The van der Waals surface area contributed by atoms with Crippen LogP contribution in [0, 0.1) is 5.92 Å². The second-order valence-corrected chi connectivity index (χ2v) is 7.61. The van der Waals surface area contributed by atoms with Crippen molar-refractivity contribution in [2.45, 2.75) is 40.0 Å². The van der Waals surface area contributed by atoms with E-state index in [-0.39, 0.29) is 0 Å². The van der Waals surface area contributed by atoms with Crippen molar-refractivity contribution >= 4 is 16.6 Å². The van der Waals surface area contributed by atoms with E-state index in [1.165, 1.54) is 48.2 Å². The summed E-state index contributed by atoms with van der Waals surface area (Å²) in [7, 11) is 0. The summed E-state index contributed by atoms with van der Waals surface area (Å²) in [5.41, 5.74) is 4.13. The van der Waals surface area contributed by atoms with Crippen LogP contribution < -0.4 is 4.90 Å². The number of nitrogens with zero attached hydrogens (tertiary/aromatic N) is 2. The third kappa shape index (κ3) is 3.55. The van der Waals surface area contributed by atoms with Crippen molar-refractivity contribution in [3.63, 3.8) is 0 Å². The predicted octanol–water partition coefficient (Wildman–Crippen LogP) is 4.46. The Hall–Kier alpha value is -1.48. The number of anilines is 1. The van der Waals surface area contributed by atoms with Crippen LogP contribution >= 0.6 is 0 Å². The molecule has 1 aromatic carbocycles. The van der Waals surface area contributed by atoms with Gasteiger partial charge in [-0.3, -0.25) is 4.90 Å². The Morgan fingerprint density at radius 1 is 1.00 bits per heavy atom. The molecule has 1 saturated heterocycles. The molecule has 2 aromatic rings. The van der Waals surface area contributed by atoms with Crippen LogP contribution in [0.2, 0.25) is 0 Å². The highest BCUT2D eigenvalue weighted by Gasteiger charge is 2.20. The number of nitrogens with one attached hydrogen (secondary N) is 1. The van der Waals surface area contributed by atoms with Gasteiger partial charge in [-0.2, -0.15) is 0 Å². The first-order valence-electron chi connectivity index (χ1n) is 9.13. The van der Waals surface area contributed by atoms with Gasteiger partial charge in [0.15, 0.2) is 0 Å². The molecule has 0 spiro atoms. The number of hydrogen-bond donors (Lipinski definition) is 1. The lowest BCUT2D eigenvalue weighted by Crippen LogP contribution is -2.46. The van der Waals surface area contributed by atoms with Crippen LogP contribution in [-0.4, -0.2) is 42.6 Å². The average Bonchev–Trinajstić information content (AvgIpc) is 3.01. The number of benzene rings is 1. The summed E-state index contributed by atoms with van der Waals surface area (Å²) in [6, 6.07) is 6.87. The number of aromatic amines is 1. The van der Waals surface area contributed by atoms with Crippen LogP contribution in [0.25, 0.3) is 10.9 Å². The van der Waals surface area contributed by atoms with Crippen molar-refractivity contribution < 1.29 is 0 Å². The molecule has 1 aliphatic rings. The molecule has 126 valence electrons. The molecule has 2 heterocycles. The zero-order valence-corrected chi connectivity index (χ0v) is 15.1. The number of H-pyrrole nitrogens is 1. The van der Waals surface area contributed by atoms with Crippen molar-refractivity contribution in [2.24, 2.45) is 5.92 Å². The molecule has 3 nitrogen and oxygen atoms in total. The Labute approximate surface area is 140 Å². The summed E-state index contributed by atoms with van der Waals surface area (Å²) >= 11 is 0. The van der Waals surface area contributed by atoms with Crippen molar-refractivity contribution in [3.8, 4) is 0 Å². The summed E-state index contributed by atoms with van der Waals surface area (Å²) in [6.45, 7) is 15.0. The van der Waals surface area contributed by atoms with E-state index < -0.39 is 0 Å². The van der Waals surface area contributed by atoms with Gasteiger partial charge in [0.2, 0.25) is 0 Å². The van der Waals surface area contributed by atoms with Crippen LogP contribution in [0.3, 0.4) is 0 Å². The number of fused-ring (bicyclic) bond motifs is 1. The van der Waals surface area contributed by atoms with Crippen molar-refractivity contribution in [3.05, 3.63) is 30.0 Å².